The number of carboxylic acids is 1. The summed E-state index contributed by atoms with van der Waals surface area (Å²) in [5.41, 5.74) is 0.618. The third-order valence-corrected chi connectivity index (χ3v) is 5.77. The van der Waals surface area contributed by atoms with Crippen molar-refractivity contribution in [3.63, 3.8) is 0 Å². The van der Waals surface area contributed by atoms with Gasteiger partial charge < -0.3 is 15.2 Å². The van der Waals surface area contributed by atoms with Gasteiger partial charge in [-0.3, -0.25) is 9.52 Å². The number of aromatic carboxylic acids is 1. The molecule has 0 unspecified atom stereocenters. The van der Waals surface area contributed by atoms with Crippen LogP contribution in [-0.2, 0) is 10.0 Å². The molecule has 3 rings (SSSR count). The molecular weight excluding hydrogens is 460 g/mol. The van der Waals surface area contributed by atoms with Gasteiger partial charge in [0.05, 0.1) is 10.9 Å². The Hall–Kier alpha value is -3.17. The van der Waals surface area contributed by atoms with Crippen molar-refractivity contribution in [2.75, 3.05) is 10.0 Å². The molecule has 0 spiro atoms. The Labute approximate surface area is 175 Å². The van der Waals surface area contributed by atoms with Gasteiger partial charge in [-0.05, 0) is 60.2 Å². The average Bonchev–Trinajstić information content (AvgIpc) is 2.69. The zero-order valence-electron chi connectivity index (χ0n) is 14.8. The van der Waals surface area contributed by atoms with Crippen LogP contribution in [0.3, 0.4) is 0 Å². The summed E-state index contributed by atoms with van der Waals surface area (Å²) in [4.78, 5) is 23.2. The fourth-order valence-electron chi connectivity index (χ4n) is 2.46. The molecule has 1 amide bonds. The van der Waals surface area contributed by atoms with Crippen molar-refractivity contribution in [3.05, 3.63) is 88.4 Å². The lowest BCUT2D eigenvalue weighted by atomic mass is 10.2. The van der Waals surface area contributed by atoms with Crippen molar-refractivity contribution in [1.82, 2.24) is 0 Å². The molecule has 0 aromatic heterocycles. The molecule has 0 heterocycles. The van der Waals surface area contributed by atoms with Crippen molar-refractivity contribution in [1.29, 1.82) is 0 Å². The lowest BCUT2D eigenvalue weighted by Gasteiger charge is -2.11. The van der Waals surface area contributed by atoms with E-state index in [4.69, 9.17) is 0 Å². The smallest absolute Gasteiger partial charge is 0.261 e. The van der Waals surface area contributed by atoms with Crippen LogP contribution in [0.4, 0.5) is 11.4 Å². The number of benzene rings is 3. The maximum absolute atomic E-state index is 12.6. The zero-order chi connectivity index (χ0) is 21.0. The molecule has 0 aliphatic heterocycles. The molecule has 0 fully saturated rings. The molecular formula is C20H14BrN2O5S-. The fourth-order valence-corrected chi connectivity index (χ4v) is 3.82. The van der Waals surface area contributed by atoms with Crippen molar-refractivity contribution < 1.29 is 23.1 Å². The number of carboxylic acid groups (broad SMARTS) is 1. The third-order valence-electron chi connectivity index (χ3n) is 3.86. The number of hydrogen-bond acceptors (Lipinski definition) is 5. The summed E-state index contributed by atoms with van der Waals surface area (Å²) in [5.74, 6) is -1.89. The maximum atomic E-state index is 12.6. The van der Waals surface area contributed by atoms with Gasteiger partial charge in [0.2, 0.25) is 0 Å². The van der Waals surface area contributed by atoms with Crippen molar-refractivity contribution >= 4 is 49.2 Å². The van der Waals surface area contributed by atoms with E-state index in [1.54, 1.807) is 24.3 Å². The minimum absolute atomic E-state index is 0.0661. The van der Waals surface area contributed by atoms with Crippen LogP contribution >= 0.6 is 15.9 Å². The largest absolute Gasteiger partial charge is 0.545 e. The van der Waals surface area contributed by atoms with Gasteiger partial charge in [0, 0.05) is 21.4 Å². The summed E-state index contributed by atoms with van der Waals surface area (Å²) in [5, 5.41) is 13.6. The number of anilines is 2. The van der Waals surface area contributed by atoms with Gasteiger partial charge in [-0.25, -0.2) is 8.42 Å². The Morgan fingerprint density at radius 1 is 0.828 bits per heavy atom. The summed E-state index contributed by atoms with van der Waals surface area (Å²) in [6.45, 7) is 0. The first-order chi connectivity index (χ1) is 13.7. The Bertz CT molecular complexity index is 1180. The van der Waals surface area contributed by atoms with Crippen molar-refractivity contribution in [2.24, 2.45) is 0 Å². The number of carbonyl (C=O) groups excluding carboxylic acids is 2. The van der Waals surface area contributed by atoms with Gasteiger partial charge in [0.25, 0.3) is 15.9 Å². The number of halogens is 1. The topological polar surface area (TPSA) is 115 Å². The summed E-state index contributed by atoms with van der Waals surface area (Å²) >= 11 is 3.31. The van der Waals surface area contributed by atoms with E-state index in [2.05, 4.69) is 26.0 Å². The quantitative estimate of drug-likeness (QED) is 0.570. The summed E-state index contributed by atoms with van der Waals surface area (Å²) in [7, 11) is -4.04. The number of carbonyl (C=O) groups is 2. The minimum atomic E-state index is -4.04. The van der Waals surface area contributed by atoms with E-state index in [-0.39, 0.29) is 21.7 Å². The third kappa shape index (κ3) is 5.21. The van der Waals surface area contributed by atoms with Gasteiger partial charge in [0.1, 0.15) is 0 Å². The molecule has 148 valence electrons. The van der Waals surface area contributed by atoms with E-state index in [1.165, 1.54) is 42.5 Å². The molecule has 3 aromatic carbocycles. The molecule has 0 bridgehead atoms. The number of hydrogen-bond donors (Lipinski definition) is 2. The Balaban J connectivity index is 1.82. The standard InChI is InChI=1S/C20H15BrN2O5S/c21-15-7-9-16(10-8-15)22-19(24)13-3-2-6-18(12-13)29(27,28)23-17-5-1-4-14(11-17)20(25)26/h1-12,23H,(H,22,24)(H,25,26)/p-1. The highest BCUT2D eigenvalue weighted by atomic mass is 79.9. The van der Waals surface area contributed by atoms with E-state index in [9.17, 15) is 23.1 Å². The Morgan fingerprint density at radius 3 is 2.17 bits per heavy atom. The van der Waals surface area contributed by atoms with Gasteiger partial charge in [-0.15, -0.1) is 0 Å². The van der Waals surface area contributed by atoms with Crippen LogP contribution in [0.5, 0.6) is 0 Å². The van der Waals surface area contributed by atoms with E-state index >= 15 is 0 Å². The predicted octanol–water partition coefficient (Wildman–Crippen LogP) is 2.87. The normalized spacial score (nSPS) is 10.9. The second kappa shape index (κ2) is 8.46. The van der Waals surface area contributed by atoms with E-state index < -0.39 is 21.9 Å². The predicted molar refractivity (Wildman–Crippen MR) is 110 cm³/mol. The molecule has 7 nitrogen and oxygen atoms in total. The lowest BCUT2D eigenvalue weighted by Crippen LogP contribution is -2.22. The van der Waals surface area contributed by atoms with Crippen molar-refractivity contribution in [3.8, 4) is 0 Å². The molecule has 9 heteroatoms. The molecule has 0 saturated heterocycles. The average molecular weight is 474 g/mol. The van der Waals surface area contributed by atoms with E-state index in [1.807, 2.05) is 0 Å². The summed E-state index contributed by atoms with van der Waals surface area (Å²) < 4.78 is 28.4. The summed E-state index contributed by atoms with van der Waals surface area (Å²) in [6, 6.07) is 17.7. The van der Waals surface area contributed by atoms with Crippen LogP contribution in [0.1, 0.15) is 20.7 Å². The first kappa shape index (κ1) is 20.6. The van der Waals surface area contributed by atoms with Gasteiger partial charge >= 0.3 is 0 Å². The van der Waals surface area contributed by atoms with Crippen molar-refractivity contribution in [2.45, 2.75) is 4.90 Å². The van der Waals surface area contributed by atoms with E-state index in [0.29, 0.717) is 5.69 Å². The monoisotopic (exact) mass is 473 g/mol. The Kier molecular flexibility index (Phi) is 6.00. The van der Waals surface area contributed by atoms with Crippen LogP contribution in [0.25, 0.3) is 0 Å². The molecule has 0 radical (unpaired) electrons. The van der Waals surface area contributed by atoms with Gasteiger partial charge in [0.15, 0.2) is 0 Å². The second-order valence-corrected chi connectivity index (χ2v) is 8.56. The van der Waals surface area contributed by atoms with Crippen LogP contribution in [0.2, 0.25) is 0 Å². The molecule has 0 saturated carbocycles. The zero-order valence-corrected chi connectivity index (χ0v) is 17.2. The van der Waals surface area contributed by atoms with E-state index in [0.717, 1.165) is 10.5 Å². The first-order valence-corrected chi connectivity index (χ1v) is 10.5. The van der Waals surface area contributed by atoms with Gasteiger partial charge in [-0.2, -0.15) is 0 Å². The highest BCUT2D eigenvalue weighted by Crippen LogP contribution is 2.20. The number of amides is 1. The molecule has 0 aliphatic rings. The van der Waals surface area contributed by atoms with Crippen LogP contribution < -0.4 is 15.1 Å². The first-order valence-electron chi connectivity index (χ1n) is 8.26. The molecule has 29 heavy (non-hydrogen) atoms. The number of sulfonamides is 1. The highest BCUT2D eigenvalue weighted by molar-refractivity contribution is 9.10. The minimum Gasteiger partial charge on any atom is -0.545 e. The second-order valence-electron chi connectivity index (χ2n) is 5.96. The Morgan fingerprint density at radius 2 is 1.48 bits per heavy atom. The molecule has 3 aromatic rings. The van der Waals surface area contributed by atoms with Crippen LogP contribution in [-0.4, -0.2) is 20.3 Å². The maximum Gasteiger partial charge on any atom is 0.261 e. The van der Waals surface area contributed by atoms with Crippen LogP contribution in [0, 0.1) is 0 Å². The van der Waals surface area contributed by atoms with Crippen LogP contribution in [0.15, 0.2) is 82.2 Å². The lowest BCUT2D eigenvalue weighted by molar-refractivity contribution is -0.255. The SMILES string of the molecule is O=C([O-])c1cccc(NS(=O)(=O)c2cccc(C(=O)Nc3ccc(Br)cc3)c2)c1. The fraction of sp³-hybridized carbons (Fsp3) is 0. The highest BCUT2D eigenvalue weighted by Gasteiger charge is 2.17. The number of rotatable bonds is 6. The molecule has 0 aliphatic carbocycles. The molecule has 2 N–H and O–H groups in total. The van der Waals surface area contributed by atoms with Gasteiger partial charge in [-0.1, -0.05) is 34.1 Å². The number of nitrogens with one attached hydrogen (secondary N) is 2. The molecule has 0 atom stereocenters. The summed E-state index contributed by atoms with van der Waals surface area (Å²) in [6.07, 6.45) is 0.